The van der Waals surface area contributed by atoms with Crippen LogP contribution in [0, 0.1) is 29.0 Å². The number of nitriles is 1. The first-order chi connectivity index (χ1) is 10.1. The van der Waals surface area contributed by atoms with Gasteiger partial charge in [-0.3, -0.25) is 0 Å². The minimum absolute atomic E-state index is 0.0748. The van der Waals surface area contributed by atoms with Gasteiger partial charge in [0.2, 0.25) is 0 Å². The first kappa shape index (κ1) is 14.5. The van der Waals surface area contributed by atoms with Crippen LogP contribution in [0.25, 0.3) is 0 Å². The summed E-state index contributed by atoms with van der Waals surface area (Å²) in [4.78, 5) is 0. The summed E-state index contributed by atoms with van der Waals surface area (Å²) in [5, 5.41) is 8.96. The topological polar surface area (TPSA) is 42.2 Å². The molecule has 112 valence electrons. The van der Waals surface area contributed by atoms with Crippen LogP contribution in [-0.2, 0) is 16.1 Å². The van der Waals surface area contributed by atoms with Gasteiger partial charge in [-0.05, 0) is 37.7 Å². The molecule has 1 aliphatic carbocycles. The molecule has 0 amide bonds. The van der Waals surface area contributed by atoms with E-state index in [0.717, 1.165) is 12.8 Å². The van der Waals surface area contributed by atoms with Crippen molar-refractivity contribution in [1.29, 1.82) is 5.26 Å². The highest BCUT2D eigenvalue weighted by molar-refractivity contribution is 5.16. The normalized spacial score (nSPS) is 34.6. The van der Waals surface area contributed by atoms with Crippen molar-refractivity contribution in [2.75, 3.05) is 6.61 Å². The van der Waals surface area contributed by atoms with Crippen molar-refractivity contribution >= 4 is 0 Å². The van der Waals surface area contributed by atoms with Crippen LogP contribution in [0.4, 0.5) is 4.39 Å². The van der Waals surface area contributed by atoms with E-state index >= 15 is 0 Å². The van der Waals surface area contributed by atoms with Gasteiger partial charge >= 0.3 is 0 Å². The van der Waals surface area contributed by atoms with Gasteiger partial charge in [0.15, 0.2) is 0 Å². The summed E-state index contributed by atoms with van der Waals surface area (Å²) in [7, 11) is 0. The van der Waals surface area contributed by atoms with E-state index in [1.165, 1.54) is 6.07 Å². The van der Waals surface area contributed by atoms with E-state index < -0.39 is 0 Å². The molecule has 1 heterocycles. The van der Waals surface area contributed by atoms with Gasteiger partial charge in [-0.1, -0.05) is 18.2 Å². The Labute approximate surface area is 124 Å². The van der Waals surface area contributed by atoms with E-state index in [0.29, 0.717) is 30.4 Å². The van der Waals surface area contributed by atoms with Crippen molar-refractivity contribution in [1.82, 2.24) is 0 Å². The first-order valence-corrected chi connectivity index (χ1v) is 7.48. The minimum Gasteiger partial charge on any atom is -0.372 e. The molecule has 0 spiro atoms. The molecule has 2 bridgehead atoms. The molecule has 2 fully saturated rings. The quantitative estimate of drug-likeness (QED) is 0.852. The third-order valence-electron chi connectivity index (χ3n) is 4.91. The van der Waals surface area contributed by atoms with Crippen molar-refractivity contribution in [3.8, 4) is 6.07 Å². The molecular weight excluding hydrogens is 269 g/mol. The number of rotatable bonds is 4. The molecule has 1 saturated carbocycles. The largest absolute Gasteiger partial charge is 0.372 e. The summed E-state index contributed by atoms with van der Waals surface area (Å²) in [6.45, 7) is 3.03. The maximum atomic E-state index is 13.7. The lowest BCUT2D eigenvalue weighted by molar-refractivity contribution is -0.124. The second kappa shape index (κ2) is 5.75. The highest BCUT2D eigenvalue weighted by Crippen LogP contribution is 2.47. The molecule has 2 aliphatic rings. The van der Waals surface area contributed by atoms with Crippen LogP contribution in [0.1, 0.15) is 31.7 Å². The van der Waals surface area contributed by atoms with E-state index in [9.17, 15) is 4.39 Å². The summed E-state index contributed by atoms with van der Waals surface area (Å²) in [6, 6.07) is 8.94. The molecule has 0 radical (unpaired) electrons. The van der Waals surface area contributed by atoms with E-state index in [4.69, 9.17) is 14.7 Å². The Kier molecular flexibility index (Phi) is 3.97. The number of fused-ring (bicyclic) bond motifs is 2. The molecule has 0 aromatic heterocycles. The Balaban J connectivity index is 1.69. The van der Waals surface area contributed by atoms with Crippen molar-refractivity contribution in [3.63, 3.8) is 0 Å². The Morgan fingerprint density at radius 3 is 3.05 bits per heavy atom. The van der Waals surface area contributed by atoms with Gasteiger partial charge in [0.1, 0.15) is 5.82 Å². The number of nitrogens with zero attached hydrogens (tertiary/aromatic N) is 1. The molecule has 1 aliphatic heterocycles. The molecule has 1 saturated heterocycles. The Bertz CT molecular complexity index is 556. The lowest BCUT2D eigenvalue weighted by atomic mass is 9.72. The maximum absolute atomic E-state index is 13.7. The summed E-state index contributed by atoms with van der Waals surface area (Å²) < 4.78 is 25.6. The van der Waals surface area contributed by atoms with E-state index in [2.05, 4.69) is 13.0 Å². The fourth-order valence-corrected chi connectivity index (χ4v) is 3.60. The molecule has 4 atom stereocenters. The molecule has 4 unspecified atom stereocenters. The zero-order chi connectivity index (χ0) is 14.9. The fourth-order valence-electron chi connectivity index (χ4n) is 3.60. The second-order valence-corrected chi connectivity index (χ2v) is 6.34. The van der Waals surface area contributed by atoms with Crippen molar-refractivity contribution in [3.05, 3.63) is 35.6 Å². The third kappa shape index (κ3) is 2.81. The summed E-state index contributed by atoms with van der Waals surface area (Å²) in [6.07, 6.45) is 2.22. The lowest BCUT2D eigenvalue weighted by Crippen LogP contribution is -2.45. The SMILES string of the molecule is CC12CC(CO1)C(CC#N)CC2OCc1ccccc1F. The van der Waals surface area contributed by atoms with Gasteiger partial charge in [0, 0.05) is 12.0 Å². The van der Waals surface area contributed by atoms with Gasteiger partial charge in [0.05, 0.1) is 31.0 Å². The van der Waals surface area contributed by atoms with Crippen molar-refractivity contribution < 1.29 is 13.9 Å². The smallest absolute Gasteiger partial charge is 0.128 e. The number of ether oxygens (including phenoxy) is 2. The van der Waals surface area contributed by atoms with Crippen molar-refractivity contribution in [2.24, 2.45) is 11.8 Å². The monoisotopic (exact) mass is 289 g/mol. The van der Waals surface area contributed by atoms with Crippen LogP contribution in [0.5, 0.6) is 0 Å². The van der Waals surface area contributed by atoms with Gasteiger partial charge < -0.3 is 9.47 Å². The number of halogens is 1. The van der Waals surface area contributed by atoms with Crippen LogP contribution in [0.3, 0.4) is 0 Å². The molecule has 3 nitrogen and oxygen atoms in total. The predicted molar refractivity (Wildman–Crippen MR) is 75.8 cm³/mol. The fraction of sp³-hybridized carbons (Fsp3) is 0.588. The van der Waals surface area contributed by atoms with Crippen LogP contribution < -0.4 is 0 Å². The molecule has 4 heteroatoms. The van der Waals surface area contributed by atoms with Crippen LogP contribution in [0.15, 0.2) is 24.3 Å². The predicted octanol–water partition coefficient (Wildman–Crippen LogP) is 3.44. The molecule has 21 heavy (non-hydrogen) atoms. The van der Waals surface area contributed by atoms with Crippen molar-refractivity contribution in [2.45, 2.75) is 44.5 Å². The Morgan fingerprint density at radius 1 is 1.48 bits per heavy atom. The molecule has 1 aromatic rings. The van der Waals surface area contributed by atoms with Gasteiger partial charge in [-0.2, -0.15) is 5.26 Å². The summed E-state index contributed by atoms with van der Waals surface area (Å²) in [5.74, 6) is 0.552. The maximum Gasteiger partial charge on any atom is 0.128 e. The molecule has 1 aromatic carbocycles. The van der Waals surface area contributed by atoms with Crippen LogP contribution in [-0.4, -0.2) is 18.3 Å². The number of hydrogen-bond donors (Lipinski definition) is 0. The van der Waals surface area contributed by atoms with Crippen LogP contribution in [0.2, 0.25) is 0 Å². The first-order valence-electron chi connectivity index (χ1n) is 7.48. The van der Waals surface area contributed by atoms with Gasteiger partial charge in [-0.25, -0.2) is 4.39 Å². The zero-order valence-electron chi connectivity index (χ0n) is 12.2. The molecule has 3 rings (SSSR count). The van der Waals surface area contributed by atoms with Gasteiger partial charge in [-0.15, -0.1) is 0 Å². The lowest BCUT2D eigenvalue weighted by Gasteiger charge is -2.39. The Morgan fingerprint density at radius 2 is 2.29 bits per heavy atom. The van der Waals surface area contributed by atoms with E-state index in [1.54, 1.807) is 12.1 Å². The average Bonchev–Trinajstić information content (AvgIpc) is 2.82. The standard InChI is InChI=1S/C17H20FNO2/c1-17-9-14(11-21-17)12(6-7-19)8-16(17)20-10-13-4-2-3-5-15(13)18/h2-5,12,14,16H,6,8-11H2,1H3. The minimum atomic E-state index is -0.290. The third-order valence-corrected chi connectivity index (χ3v) is 4.91. The number of benzene rings is 1. The highest BCUT2D eigenvalue weighted by Gasteiger charge is 2.51. The van der Waals surface area contributed by atoms with E-state index in [-0.39, 0.29) is 24.1 Å². The Hall–Kier alpha value is -1.44. The summed E-state index contributed by atoms with van der Waals surface area (Å²) in [5.41, 5.74) is 0.278. The molecular formula is C17H20FNO2. The highest BCUT2D eigenvalue weighted by atomic mass is 19.1. The van der Waals surface area contributed by atoms with Crippen LogP contribution >= 0.6 is 0 Å². The summed E-state index contributed by atoms with van der Waals surface area (Å²) >= 11 is 0. The molecule has 0 N–H and O–H groups in total. The average molecular weight is 289 g/mol. The number of hydrogen-bond acceptors (Lipinski definition) is 3. The zero-order valence-corrected chi connectivity index (χ0v) is 12.2. The second-order valence-electron chi connectivity index (χ2n) is 6.34. The van der Waals surface area contributed by atoms with E-state index in [1.807, 2.05) is 6.07 Å². The van der Waals surface area contributed by atoms with Gasteiger partial charge in [0.25, 0.3) is 0 Å².